The highest BCUT2D eigenvalue weighted by atomic mass is 16.6. The molecule has 0 radical (unpaired) electrons. The minimum Gasteiger partial charge on any atom is -0.487 e. The molecule has 0 fully saturated rings. The molecule has 0 N–H and O–H groups in total. The van der Waals surface area contributed by atoms with E-state index in [0.29, 0.717) is 29.2 Å². The molecule has 0 saturated heterocycles. The summed E-state index contributed by atoms with van der Waals surface area (Å²) in [7, 11) is 0. The zero-order valence-corrected chi connectivity index (χ0v) is 16.8. The summed E-state index contributed by atoms with van der Waals surface area (Å²) in [6, 6.07) is 13.3. The number of rotatable bonds is 10. The summed E-state index contributed by atoms with van der Waals surface area (Å²) in [6.45, 7) is 6.35. The van der Waals surface area contributed by atoms with Crippen LogP contribution in [0.25, 0.3) is 0 Å². The minimum absolute atomic E-state index is 0.0351. The highest BCUT2D eigenvalue weighted by Crippen LogP contribution is 2.28. The van der Waals surface area contributed by atoms with E-state index in [4.69, 9.17) is 14.2 Å². The van der Waals surface area contributed by atoms with Crippen molar-refractivity contribution >= 4 is 11.9 Å². The Labute approximate surface area is 166 Å². The van der Waals surface area contributed by atoms with Crippen molar-refractivity contribution in [3.63, 3.8) is 0 Å². The van der Waals surface area contributed by atoms with Gasteiger partial charge in [-0.05, 0) is 56.7 Å². The van der Waals surface area contributed by atoms with Crippen LogP contribution in [0, 0.1) is 0 Å². The number of ether oxygens (including phenoxy) is 3. The monoisotopic (exact) mass is 384 g/mol. The number of esters is 2. The van der Waals surface area contributed by atoms with E-state index in [1.54, 1.807) is 42.5 Å². The number of carbonyl (C=O) groups is 2. The molecular formula is C23H28O5. The summed E-state index contributed by atoms with van der Waals surface area (Å²) in [4.78, 5) is 24.5. The lowest BCUT2D eigenvalue weighted by Crippen LogP contribution is -2.12. The first-order valence-electron chi connectivity index (χ1n) is 9.76. The van der Waals surface area contributed by atoms with Crippen LogP contribution in [0.5, 0.6) is 11.5 Å². The van der Waals surface area contributed by atoms with Crippen molar-refractivity contribution in [3.05, 3.63) is 59.7 Å². The Bertz CT molecular complexity index is 765. The van der Waals surface area contributed by atoms with E-state index >= 15 is 0 Å². The maximum Gasteiger partial charge on any atom is 0.343 e. The van der Waals surface area contributed by atoms with Gasteiger partial charge in [0.25, 0.3) is 0 Å². The Hall–Kier alpha value is -2.82. The van der Waals surface area contributed by atoms with Gasteiger partial charge in [0.1, 0.15) is 0 Å². The van der Waals surface area contributed by atoms with Crippen LogP contribution in [0.1, 0.15) is 67.2 Å². The lowest BCUT2D eigenvalue weighted by atomic mass is 10.1. The molecule has 0 unspecified atom stereocenters. The fourth-order valence-electron chi connectivity index (χ4n) is 2.56. The van der Waals surface area contributed by atoms with Crippen LogP contribution in [0.2, 0.25) is 0 Å². The predicted octanol–water partition coefficient (Wildman–Crippen LogP) is 5.43. The van der Waals surface area contributed by atoms with E-state index < -0.39 is 5.97 Å². The third kappa shape index (κ3) is 6.72. The van der Waals surface area contributed by atoms with E-state index in [2.05, 4.69) is 6.92 Å². The average Bonchev–Trinajstić information content (AvgIpc) is 2.69. The van der Waals surface area contributed by atoms with Gasteiger partial charge in [-0.15, -0.1) is 0 Å². The second kappa shape index (κ2) is 11.1. The molecule has 0 aromatic heterocycles. The van der Waals surface area contributed by atoms with Gasteiger partial charge in [0.2, 0.25) is 0 Å². The van der Waals surface area contributed by atoms with E-state index in [1.165, 1.54) is 0 Å². The molecule has 150 valence electrons. The van der Waals surface area contributed by atoms with Gasteiger partial charge in [-0.25, -0.2) is 9.59 Å². The Morgan fingerprint density at radius 1 is 0.821 bits per heavy atom. The summed E-state index contributed by atoms with van der Waals surface area (Å²) < 4.78 is 16.4. The second-order valence-corrected chi connectivity index (χ2v) is 6.78. The van der Waals surface area contributed by atoms with Gasteiger partial charge in [0.15, 0.2) is 11.5 Å². The molecule has 5 nitrogen and oxygen atoms in total. The third-order valence-corrected chi connectivity index (χ3v) is 4.00. The summed E-state index contributed by atoms with van der Waals surface area (Å²) in [5, 5.41) is 0. The molecule has 0 saturated carbocycles. The maximum atomic E-state index is 12.4. The van der Waals surface area contributed by atoms with Crippen LogP contribution < -0.4 is 9.47 Å². The number of para-hydroxylation sites is 2. The molecule has 0 spiro atoms. The molecule has 0 atom stereocenters. The molecule has 0 aliphatic rings. The van der Waals surface area contributed by atoms with E-state index in [-0.39, 0.29) is 12.1 Å². The van der Waals surface area contributed by atoms with Gasteiger partial charge in [0.05, 0.1) is 23.8 Å². The van der Waals surface area contributed by atoms with Gasteiger partial charge in [0, 0.05) is 0 Å². The minimum atomic E-state index is -0.515. The molecule has 2 aromatic carbocycles. The van der Waals surface area contributed by atoms with Crippen molar-refractivity contribution in [1.29, 1.82) is 0 Å². The van der Waals surface area contributed by atoms with Crippen LogP contribution in [0.15, 0.2) is 48.5 Å². The highest BCUT2D eigenvalue weighted by Gasteiger charge is 2.14. The van der Waals surface area contributed by atoms with Crippen molar-refractivity contribution in [2.75, 3.05) is 6.61 Å². The number of hydrogen-bond acceptors (Lipinski definition) is 5. The normalized spacial score (nSPS) is 10.6. The molecule has 0 aliphatic carbocycles. The fourth-order valence-corrected chi connectivity index (χ4v) is 2.56. The molecule has 28 heavy (non-hydrogen) atoms. The summed E-state index contributed by atoms with van der Waals surface area (Å²) in [5.74, 6) is -0.0303. The summed E-state index contributed by atoms with van der Waals surface area (Å²) >= 11 is 0. The zero-order chi connectivity index (χ0) is 20.4. The second-order valence-electron chi connectivity index (χ2n) is 6.78. The Morgan fingerprint density at radius 3 is 2.04 bits per heavy atom. The molecule has 0 aliphatic heterocycles. The zero-order valence-electron chi connectivity index (χ0n) is 16.8. The predicted molar refractivity (Wildman–Crippen MR) is 108 cm³/mol. The molecular weight excluding hydrogens is 356 g/mol. The van der Waals surface area contributed by atoms with Gasteiger partial charge in [-0.1, -0.05) is 38.3 Å². The number of unbranched alkanes of at least 4 members (excludes halogenated alkanes) is 3. The molecule has 5 heteroatoms. The number of hydrogen-bond donors (Lipinski definition) is 0. The van der Waals surface area contributed by atoms with Crippen molar-refractivity contribution in [2.24, 2.45) is 0 Å². The van der Waals surface area contributed by atoms with Crippen molar-refractivity contribution in [2.45, 2.75) is 52.6 Å². The van der Waals surface area contributed by atoms with E-state index in [0.717, 1.165) is 25.7 Å². The molecule has 0 bridgehead atoms. The first-order chi connectivity index (χ1) is 13.5. The van der Waals surface area contributed by atoms with Crippen LogP contribution in [0.4, 0.5) is 0 Å². The molecule has 2 aromatic rings. The van der Waals surface area contributed by atoms with Crippen molar-refractivity contribution in [3.8, 4) is 11.5 Å². The molecule has 2 rings (SSSR count). The highest BCUT2D eigenvalue weighted by molar-refractivity contribution is 5.94. The molecule has 0 heterocycles. The Kier molecular flexibility index (Phi) is 8.53. The van der Waals surface area contributed by atoms with Crippen LogP contribution >= 0.6 is 0 Å². The Balaban J connectivity index is 1.94. The first-order valence-corrected chi connectivity index (χ1v) is 9.76. The largest absolute Gasteiger partial charge is 0.487 e. The van der Waals surface area contributed by atoms with Crippen molar-refractivity contribution in [1.82, 2.24) is 0 Å². The van der Waals surface area contributed by atoms with E-state index in [1.807, 2.05) is 19.9 Å². The van der Waals surface area contributed by atoms with Gasteiger partial charge in [-0.3, -0.25) is 0 Å². The number of benzene rings is 2. The van der Waals surface area contributed by atoms with Crippen LogP contribution in [-0.2, 0) is 4.74 Å². The lowest BCUT2D eigenvalue weighted by molar-refractivity contribution is 0.0497. The third-order valence-electron chi connectivity index (χ3n) is 4.00. The van der Waals surface area contributed by atoms with Gasteiger partial charge < -0.3 is 14.2 Å². The van der Waals surface area contributed by atoms with Gasteiger partial charge >= 0.3 is 11.9 Å². The Morgan fingerprint density at radius 2 is 1.43 bits per heavy atom. The smallest absolute Gasteiger partial charge is 0.343 e. The van der Waals surface area contributed by atoms with Crippen LogP contribution in [0.3, 0.4) is 0 Å². The average molecular weight is 384 g/mol. The maximum absolute atomic E-state index is 12.4. The topological polar surface area (TPSA) is 61.8 Å². The van der Waals surface area contributed by atoms with Crippen molar-refractivity contribution < 1.29 is 23.8 Å². The standard InChI is InChI=1S/C23H28O5/c1-4-5-6-9-16-26-22(24)18-12-14-19(15-13-18)23(25)28-21-11-8-7-10-20(21)27-17(2)3/h7-8,10-15,17H,4-6,9,16H2,1-3H3. The SMILES string of the molecule is CCCCCCOC(=O)c1ccc(C(=O)Oc2ccccc2OC(C)C)cc1. The fraction of sp³-hybridized carbons (Fsp3) is 0.391. The summed E-state index contributed by atoms with van der Waals surface area (Å²) in [5.41, 5.74) is 0.759. The summed E-state index contributed by atoms with van der Waals surface area (Å²) in [6.07, 6.45) is 4.16. The van der Waals surface area contributed by atoms with Gasteiger partial charge in [-0.2, -0.15) is 0 Å². The number of carbonyl (C=O) groups excluding carboxylic acids is 2. The van der Waals surface area contributed by atoms with E-state index in [9.17, 15) is 9.59 Å². The quantitative estimate of drug-likeness (QED) is 0.310. The molecule has 0 amide bonds. The van der Waals surface area contributed by atoms with Crippen LogP contribution in [-0.4, -0.2) is 24.6 Å². The lowest BCUT2D eigenvalue weighted by Gasteiger charge is -2.13. The first kappa shape index (κ1) is 21.5.